The van der Waals surface area contributed by atoms with Gasteiger partial charge in [-0.3, -0.25) is 9.59 Å². The topological polar surface area (TPSA) is 77.1 Å². The van der Waals surface area contributed by atoms with Gasteiger partial charge in [0.05, 0.1) is 21.3 Å². The minimum absolute atomic E-state index is 0.00712. The van der Waals surface area contributed by atoms with Crippen LogP contribution in [0.5, 0.6) is 17.2 Å². The first-order chi connectivity index (χ1) is 12.3. The third kappa shape index (κ3) is 6.13. The van der Waals surface area contributed by atoms with Crippen LogP contribution in [0.25, 0.3) is 0 Å². The van der Waals surface area contributed by atoms with Crippen LogP contribution in [0.15, 0.2) is 12.1 Å². The average Bonchev–Trinajstić information content (AvgIpc) is 2.62. The Bertz CT molecular complexity index is 591. The predicted molar refractivity (Wildman–Crippen MR) is 100 cm³/mol. The van der Waals surface area contributed by atoms with E-state index in [1.54, 1.807) is 24.0 Å². The van der Waals surface area contributed by atoms with Crippen LogP contribution in [0.2, 0.25) is 0 Å². The molecule has 7 nitrogen and oxygen atoms in total. The van der Waals surface area contributed by atoms with Crippen LogP contribution in [-0.4, -0.2) is 57.7 Å². The second-order valence-electron chi connectivity index (χ2n) is 6.36. The summed E-state index contributed by atoms with van der Waals surface area (Å²) in [7, 11) is 4.50. The summed E-state index contributed by atoms with van der Waals surface area (Å²) < 4.78 is 15.8. The number of nitrogens with zero attached hydrogens (tertiary/aromatic N) is 1. The Hall–Kier alpha value is -2.44. The summed E-state index contributed by atoms with van der Waals surface area (Å²) in [5.41, 5.74) is 0.399. The van der Waals surface area contributed by atoms with Crippen LogP contribution in [0.4, 0.5) is 0 Å². The molecule has 0 aliphatic carbocycles. The van der Waals surface area contributed by atoms with Gasteiger partial charge in [-0.05, 0) is 24.5 Å². The molecule has 0 saturated carbocycles. The largest absolute Gasteiger partial charge is 0.493 e. The van der Waals surface area contributed by atoms with Crippen molar-refractivity contribution < 1.29 is 23.8 Å². The first kappa shape index (κ1) is 21.6. The molecule has 26 heavy (non-hydrogen) atoms. The van der Waals surface area contributed by atoms with E-state index in [2.05, 4.69) is 19.2 Å². The highest BCUT2D eigenvalue weighted by Gasteiger charge is 2.17. The molecule has 0 aromatic heterocycles. The van der Waals surface area contributed by atoms with Gasteiger partial charge < -0.3 is 24.4 Å². The highest BCUT2D eigenvalue weighted by molar-refractivity contribution is 5.95. The second-order valence-corrected chi connectivity index (χ2v) is 6.36. The number of nitrogens with one attached hydrogen (secondary N) is 1. The van der Waals surface area contributed by atoms with E-state index in [9.17, 15) is 9.59 Å². The molecule has 0 radical (unpaired) electrons. The highest BCUT2D eigenvalue weighted by atomic mass is 16.5. The quantitative estimate of drug-likeness (QED) is 0.688. The minimum Gasteiger partial charge on any atom is -0.493 e. The number of ether oxygens (including phenoxy) is 3. The molecule has 0 aliphatic rings. The lowest BCUT2D eigenvalue weighted by molar-refractivity contribution is -0.128. The van der Waals surface area contributed by atoms with Gasteiger partial charge in [0, 0.05) is 32.1 Å². The second kappa shape index (κ2) is 10.5. The molecule has 1 rings (SSSR count). The predicted octanol–water partition coefficient (Wildman–Crippen LogP) is 2.34. The van der Waals surface area contributed by atoms with Gasteiger partial charge in [0.2, 0.25) is 11.7 Å². The maximum Gasteiger partial charge on any atom is 0.251 e. The standard InChI is InChI=1S/C19H30N2O5/c1-13(2)7-9-21(14(3)22)10-8-20-19(23)15-11-16(24-4)18(26-6)17(12-15)25-5/h11-13H,7-10H2,1-6H3,(H,20,23). The van der Waals surface area contributed by atoms with Crippen LogP contribution in [0, 0.1) is 5.92 Å². The van der Waals surface area contributed by atoms with Crippen molar-refractivity contribution in [1.82, 2.24) is 10.2 Å². The fourth-order valence-electron chi connectivity index (χ4n) is 2.46. The number of amides is 2. The molecule has 0 aliphatic heterocycles. The van der Waals surface area contributed by atoms with E-state index in [1.807, 2.05) is 0 Å². The molecule has 1 aromatic rings. The Morgan fingerprint density at radius 2 is 1.62 bits per heavy atom. The highest BCUT2D eigenvalue weighted by Crippen LogP contribution is 2.38. The van der Waals surface area contributed by atoms with Gasteiger partial charge in [-0.15, -0.1) is 0 Å². The number of rotatable bonds is 10. The van der Waals surface area contributed by atoms with E-state index >= 15 is 0 Å². The van der Waals surface area contributed by atoms with Gasteiger partial charge in [-0.2, -0.15) is 0 Å². The first-order valence-electron chi connectivity index (χ1n) is 8.67. The van der Waals surface area contributed by atoms with Gasteiger partial charge in [-0.25, -0.2) is 0 Å². The molecule has 1 N–H and O–H groups in total. The van der Waals surface area contributed by atoms with Crippen molar-refractivity contribution in [2.24, 2.45) is 5.92 Å². The van der Waals surface area contributed by atoms with Crippen molar-refractivity contribution in [2.75, 3.05) is 41.0 Å². The zero-order valence-corrected chi connectivity index (χ0v) is 16.5. The molecule has 0 bridgehead atoms. The monoisotopic (exact) mass is 366 g/mol. The molecule has 2 amide bonds. The maximum atomic E-state index is 12.4. The lowest BCUT2D eigenvalue weighted by Gasteiger charge is -2.22. The zero-order valence-electron chi connectivity index (χ0n) is 16.5. The lowest BCUT2D eigenvalue weighted by atomic mass is 10.1. The Labute approximate surface area is 155 Å². The van der Waals surface area contributed by atoms with E-state index in [4.69, 9.17) is 14.2 Å². The SMILES string of the molecule is COc1cc(C(=O)NCCN(CCC(C)C)C(C)=O)cc(OC)c1OC. The number of carbonyl (C=O) groups excluding carboxylic acids is 2. The van der Waals surface area contributed by atoms with Crippen molar-refractivity contribution >= 4 is 11.8 Å². The summed E-state index contributed by atoms with van der Waals surface area (Å²) in [6, 6.07) is 3.19. The molecule has 146 valence electrons. The van der Waals surface area contributed by atoms with Crippen molar-refractivity contribution in [3.8, 4) is 17.2 Å². The maximum absolute atomic E-state index is 12.4. The summed E-state index contributed by atoms with van der Waals surface area (Å²) in [5.74, 6) is 1.52. The van der Waals surface area contributed by atoms with E-state index in [0.717, 1.165) is 6.42 Å². The fraction of sp³-hybridized carbons (Fsp3) is 0.579. The normalized spacial score (nSPS) is 10.4. The fourth-order valence-corrected chi connectivity index (χ4v) is 2.46. The van der Waals surface area contributed by atoms with Gasteiger partial charge in [-0.1, -0.05) is 13.8 Å². The molecule has 0 unspecified atom stereocenters. The minimum atomic E-state index is -0.267. The smallest absolute Gasteiger partial charge is 0.251 e. The van der Waals surface area contributed by atoms with Crippen molar-refractivity contribution in [1.29, 1.82) is 0 Å². The van der Waals surface area contributed by atoms with E-state index in [1.165, 1.54) is 21.3 Å². The van der Waals surface area contributed by atoms with Crippen LogP contribution >= 0.6 is 0 Å². The average molecular weight is 366 g/mol. The van der Waals surface area contributed by atoms with Crippen molar-refractivity contribution in [3.63, 3.8) is 0 Å². The Morgan fingerprint density at radius 1 is 1.04 bits per heavy atom. The van der Waals surface area contributed by atoms with Gasteiger partial charge in [0.25, 0.3) is 5.91 Å². The molecule has 0 heterocycles. The third-order valence-electron chi connectivity index (χ3n) is 4.02. The molecular weight excluding hydrogens is 336 g/mol. The number of hydrogen-bond donors (Lipinski definition) is 1. The molecular formula is C19H30N2O5. The summed E-state index contributed by atoms with van der Waals surface area (Å²) >= 11 is 0. The van der Waals surface area contributed by atoms with E-state index in [0.29, 0.717) is 48.4 Å². The lowest BCUT2D eigenvalue weighted by Crippen LogP contribution is -2.38. The third-order valence-corrected chi connectivity index (χ3v) is 4.02. The molecule has 0 fully saturated rings. The molecule has 0 spiro atoms. The summed E-state index contributed by atoms with van der Waals surface area (Å²) in [6.07, 6.45) is 0.931. The molecule has 1 aromatic carbocycles. The number of carbonyl (C=O) groups is 2. The van der Waals surface area contributed by atoms with Crippen molar-refractivity contribution in [2.45, 2.75) is 27.2 Å². The summed E-state index contributed by atoms with van der Waals surface area (Å²) in [4.78, 5) is 25.9. The van der Waals surface area contributed by atoms with Gasteiger partial charge >= 0.3 is 0 Å². The van der Waals surface area contributed by atoms with Gasteiger partial charge in [0.15, 0.2) is 11.5 Å². The Kier molecular flexibility index (Phi) is 8.75. The molecule has 0 saturated heterocycles. The van der Waals surface area contributed by atoms with Crippen molar-refractivity contribution in [3.05, 3.63) is 17.7 Å². The Morgan fingerprint density at radius 3 is 2.04 bits per heavy atom. The summed E-state index contributed by atoms with van der Waals surface area (Å²) in [6.45, 7) is 7.30. The number of benzene rings is 1. The zero-order chi connectivity index (χ0) is 19.7. The van der Waals surface area contributed by atoms with Crippen LogP contribution in [0.1, 0.15) is 37.6 Å². The summed E-state index contributed by atoms with van der Waals surface area (Å²) in [5, 5.41) is 2.83. The first-order valence-corrected chi connectivity index (χ1v) is 8.67. The molecule has 7 heteroatoms. The Balaban J connectivity index is 2.74. The van der Waals surface area contributed by atoms with Gasteiger partial charge in [0.1, 0.15) is 0 Å². The van der Waals surface area contributed by atoms with E-state index < -0.39 is 0 Å². The number of hydrogen-bond acceptors (Lipinski definition) is 5. The van der Waals surface area contributed by atoms with Crippen LogP contribution in [0.3, 0.4) is 0 Å². The number of methoxy groups -OCH3 is 3. The van der Waals surface area contributed by atoms with Crippen LogP contribution < -0.4 is 19.5 Å². The van der Waals surface area contributed by atoms with Crippen LogP contribution in [-0.2, 0) is 4.79 Å². The molecule has 0 atom stereocenters. The van der Waals surface area contributed by atoms with E-state index in [-0.39, 0.29) is 11.8 Å².